The van der Waals surface area contributed by atoms with E-state index in [1.54, 1.807) is 24.3 Å². The van der Waals surface area contributed by atoms with Crippen LogP contribution in [0.25, 0.3) is 0 Å². The topological polar surface area (TPSA) is 105 Å². The summed E-state index contributed by atoms with van der Waals surface area (Å²) in [6.45, 7) is 0.226. The Labute approximate surface area is 174 Å². The van der Waals surface area contributed by atoms with Crippen molar-refractivity contribution in [2.75, 3.05) is 19.7 Å². The number of halogens is 1. The molecule has 1 heterocycles. The maximum atomic E-state index is 13.6. The monoisotopic (exact) mass is 435 g/mol. The lowest BCUT2D eigenvalue weighted by Crippen LogP contribution is -2.53. The van der Waals surface area contributed by atoms with Gasteiger partial charge < -0.3 is 15.4 Å². The highest BCUT2D eigenvalue weighted by atomic mass is 32.2. The summed E-state index contributed by atoms with van der Waals surface area (Å²) < 4.78 is 46.1. The second-order valence-corrected chi connectivity index (χ2v) is 8.48. The Balaban J connectivity index is 1.58. The number of rotatable bonds is 6. The zero-order chi connectivity index (χ0) is 21.6. The maximum Gasteiger partial charge on any atom is 0.309 e. The van der Waals surface area contributed by atoms with Crippen molar-refractivity contribution < 1.29 is 27.1 Å². The largest absolute Gasteiger partial charge is 0.360 e. The van der Waals surface area contributed by atoms with Crippen LogP contribution < -0.4 is 10.6 Å². The second kappa shape index (κ2) is 9.79. The van der Waals surface area contributed by atoms with E-state index in [0.29, 0.717) is 13.0 Å². The standard InChI is InChI=1S/C20H22FN3O5S/c21-17-10-5-4-7-15(17)13-22-19(25)20(26)23-14-18-24(11-6-12-29-18)30(27,28)16-8-2-1-3-9-16/h1-5,7-10,18H,6,11-14H2,(H,22,25)(H,23,26)/t18-/m0/s1. The Bertz CT molecular complexity index is 1000. The number of nitrogens with one attached hydrogen (secondary N) is 2. The molecule has 30 heavy (non-hydrogen) atoms. The minimum Gasteiger partial charge on any atom is -0.360 e. The van der Waals surface area contributed by atoms with E-state index in [1.165, 1.54) is 34.6 Å². The van der Waals surface area contributed by atoms with Crippen molar-refractivity contribution in [3.8, 4) is 0 Å². The van der Waals surface area contributed by atoms with Gasteiger partial charge in [0.2, 0.25) is 10.0 Å². The molecule has 1 aliphatic rings. The lowest BCUT2D eigenvalue weighted by Gasteiger charge is -2.34. The molecule has 10 heteroatoms. The first kappa shape index (κ1) is 21.9. The molecule has 2 amide bonds. The first-order valence-corrected chi connectivity index (χ1v) is 10.8. The molecule has 1 atom stereocenters. The van der Waals surface area contributed by atoms with Crippen LogP contribution in [0.2, 0.25) is 0 Å². The lowest BCUT2D eigenvalue weighted by molar-refractivity contribution is -0.140. The molecule has 1 saturated heterocycles. The van der Waals surface area contributed by atoms with Gasteiger partial charge in [0.05, 0.1) is 18.0 Å². The quantitative estimate of drug-likeness (QED) is 0.659. The van der Waals surface area contributed by atoms with Crippen molar-refractivity contribution in [2.24, 2.45) is 0 Å². The van der Waals surface area contributed by atoms with Gasteiger partial charge in [-0.15, -0.1) is 0 Å². The van der Waals surface area contributed by atoms with Crippen molar-refractivity contribution in [3.05, 3.63) is 66.0 Å². The SMILES string of the molecule is O=C(NCc1ccccc1F)C(=O)NC[C@@H]1OCCCN1S(=O)(=O)c1ccccc1. The van der Waals surface area contributed by atoms with E-state index in [-0.39, 0.29) is 30.1 Å². The first-order chi connectivity index (χ1) is 14.4. The summed E-state index contributed by atoms with van der Waals surface area (Å²) in [6.07, 6.45) is -0.424. The Morgan fingerprint density at radius 2 is 1.70 bits per heavy atom. The van der Waals surface area contributed by atoms with E-state index in [2.05, 4.69) is 10.6 Å². The number of carbonyl (C=O) groups is 2. The summed E-state index contributed by atoms with van der Waals surface area (Å²) >= 11 is 0. The third kappa shape index (κ3) is 5.21. The molecule has 3 rings (SSSR count). The number of ether oxygens (including phenoxy) is 1. The van der Waals surface area contributed by atoms with Gasteiger partial charge in [0.25, 0.3) is 0 Å². The Kier molecular flexibility index (Phi) is 7.14. The Hall–Kier alpha value is -2.82. The number of hydrogen-bond donors (Lipinski definition) is 2. The van der Waals surface area contributed by atoms with Gasteiger partial charge in [0, 0.05) is 18.7 Å². The molecule has 1 aliphatic heterocycles. The van der Waals surface area contributed by atoms with E-state index in [9.17, 15) is 22.4 Å². The Morgan fingerprint density at radius 3 is 2.43 bits per heavy atom. The average Bonchev–Trinajstić information content (AvgIpc) is 2.77. The van der Waals surface area contributed by atoms with Crippen molar-refractivity contribution in [2.45, 2.75) is 24.1 Å². The van der Waals surface area contributed by atoms with Gasteiger partial charge in [0.15, 0.2) is 0 Å². The molecule has 0 aromatic heterocycles. The molecule has 0 radical (unpaired) electrons. The van der Waals surface area contributed by atoms with Crippen molar-refractivity contribution >= 4 is 21.8 Å². The summed E-state index contributed by atoms with van der Waals surface area (Å²) in [4.78, 5) is 24.2. The normalized spacial score (nSPS) is 17.3. The van der Waals surface area contributed by atoms with E-state index >= 15 is 0 Å². The predicted octanol–water partition coefficient (Wildman–Crippen LogP) is 0.995. The molecule has 0 spiro atoms. The van der Waals surface area contributed by atoms with Gasteiger partial charge in [-0.2, -0.15) is 4.31 Å². The van der Waals surface area contributed by atoms with E-state index in [1.807, 2.05) is 0 Å². The van der Waals surface area contributed by atoms with Crippen LogP contribution in [-0.2, 0) is 30.9 Å². The predicted molar refractivity (Wildman–Crippen MR) is 106 cm³/mol. The van der Waals surface area contributed by atoms with Gasteiger partial charge in [-0.25, -0.2) is 12.8 Å². The molecule has 0 aliphatic carbocycles. The number of amides is 2. The van der Waals surface area contributed by atoms with Crippen LogP contribution in [0.5, 0.6) is 0 Å². The molecule has 2 aromatic rings. The number of carbonyl (C=O) groups excluding carboxylic acids is 2. The van der Waals surface area contributed by atoms with Gasteiger partial charge in [0.1, 0.15) is 12.0 Å². The summed E-state index contributed by atoms with van der Waals surface area (Å²) in [5, 5.41) is 4.71. The van der Waals surface area contributed by atoms with Gasteiger partial charge >= 0.3 is 11.8 Å². The van der Waals surface area contributed by atoms with Crippen LogP contribution in [0.15, 0.2) is 59.5 Å². The first-order valence-electron chi connectivity index (χ1n) is 9.37. The van der Waals surface area contributed by atoms with Crippen molar-refractivity contribution in [1.82, 2.24) is 14.9 Å². The van der Waals surface area contributed by atoms with Crippen LogP contribution in [0, 0.1) is 5.82 Å². The summed E-state index contributed by atoms with van der Waals surface area (Å²) in [7, 11) is -3.82. The number of benzene rings is 2. The van der Waals surface area contributed by atoms with E-state index < -0.39 is 33.9 Å². The highest BCUT2D eigenvalue weighted by Gasteiger charge is 2.34. The van der Waals surface area contributed by atoms with Crippen LogP contribution in [0.1, 0.15) is 12.0 Å². The maximum absolute atomic E-state index is 13.6. The third-order valence-corrected chi connectivity index (χ3v) is 6.45. The molecule has 1 fully saturated rings. The number of hydrogen-bond acceptors (Lipinski definition) is 5. The number of nitrogens with zero attached hydrogens (tertiary/aromatic N) is 1. The van der Waals surface area contributed by atoms with Crippen molar-refractivity contribution in [1.29, 1.82) is 0 Å². The lowest BCUT2D eigenvalue weighted by atomic mass is 10.2. The third-order valence-electron chi connectivity index (χ3n) is 4.54. The smallest absolute Gasteiger partial charge is 0.309 e. The number of sulfonamides is 1. The summed E-state index contributed by atoms with van der Waals surface area (Å²) in [6, 6.07) is 13.8. The van der Waals surface area contributed by atoms with Gasteiger partial charge in [-0.1, -0.05) is 36.4 Å². The molecule has 0 unspecified atom stereocenters. The fourth-order valence-electron chi connectivity index (χ4n) is 2.99. The molecule has 160 valence electrons. The fourth-order valence-corrected chi connectivity index (χ4v) is 4.57. The van der Waals surface area contributed by atoms with Gasteiger partial charge in [-0.05, 0) is 24.6 Å². The minimum absolute atomic E-state index is 0.120. The molecular formula is C20H22FN3O5S. The average molecular weight is 435 g/mol. The minimum atomic E-state index is -3.82. The van der Waals surface area contributed by atoms with Crippen molar-refractivity contribution in [3.63, 3.8) is 0 Å². The van der Waals surface area contributed by atoms with Crippen LogP contribution in [0.4, 0.5) is 4.39 Å². The highest BCUT2D eigenvalue weighted by Crippen LogP contribution is 2.21. The second-order valence-electron chi connectivity index (χ2n) is 6.59. The highest BCUT2D eigenvalue weighted by molar-refractivity contribution is 7.89. The molecule has 0 bridgehead atoms. The summed E-state index contributed by atoms with van der Waals surface area (Å²) in [5.41, 5.74) is 0.245. The summed E-state index contributed by atoms with van der Waals surface area (Å²) in [5.74, 6) is -2.40. The molecule has 2 N–H and O–H groups in total. The molecule has 0 saturated carbocycles. The zero-order valence-corrected chi connectivity index (χ0v) is 16.9. The molecule has 2 aromatic carbocycles. The van der Waals surface area contributed by atoms with Gasteiger partial charge in [-0.3, -0.25) is 9.59 Å². The van der Waals surface area contributed by atoms with Crippen LogP contribution >= 0.6 is 0 Å². The molecule has 8 nitrogen and oxygen atoms in total. The Morgan fingerprint density at radius 1 is 1.03 bits per heavy atom. The van der Waals surface area contributed by atoms with Crippen LogP contribution in [-0.4, -0.2) is 50.5 Å². The fraction of sp³-hybridized carbons (Fsp3) is 0.300. The zero-order valence-electron chi connectivity index (χ0n) is 16.1. The van der Waals surface area contributed by atoms with E-state index in [0.717, 1.165) is 0 Å². The van der Waals surface area contributed by atoms with E-state index in [4.69, 9.17) is 4.74 Å². The van der Waals surface area contributed by atoms with Crippen LogP contribution in [0.3, 0.4) is 0 Å². The molecular weight excluding hydrogens is 413 g/mol.